The summed E-state index contributed by atoms with van der Waals surface area (Å²) in [5.74, 6) is 2.72. The van der Waals surface area contributed by atoms with Crippen molar-refractivity contribution in [1.82, 2.24) is 30.6 Å². The van der Waals surface area contributed by atoms with E-state index >= 15 is 0 Å². The topological polar surface area (TPSA) is 95.5 Å². The molecule has 0 aliphatic rings. The largest absolute Gasteiger partial charge is 0.352 e. The van der Waals surface area contributed by atoms with Gasteiger partial charge in [0.2, 0.25) is 0 Å². The van der Waals surface area contributed by atoms with Crippen molar-refractivity contribution < 1.29 is 0 Å². The van der Waals surface area contributed by atoms with Crippen molar-refractivity contribution in [3.8, 4) is 22.6 Å². The van der Waals surface area contributed by atoms with E-state index in [-0.39, 0.29) is 0 Å². The Morgan fingerprint density at radius 1 is 0.919 bits per heavy atom. The van der Waals surface area contributed by atoms with E-state index in [0.717, 1.165) is 52.8 Å². The summed E-state index contributed by atoms with van der Waals surface area (Å²) in [6.07, 6.45) is 1.86. The van der Waals surface area contributed by atoms with Crippen LogP contribution >= 0.6 is 0 Å². The van der Waals surface area contributed by atoms with Gasteiger partial charge in [-0.05, 0) is 46.5 Å². The zero-order valence-electron chi connectivity index (χ0n) is 21.3. The highest BCUT2D eigenvalue weighted by atomic mass is 15.5. The number of pyridine rings is 2. The number of hydrogen-bond donors (Lipinski definition) is 2. The van der Waals surface area contributed by atoms with Gasteiger partial charge in [0.25, 0.3) is 0 Å². The first kappa shape index (κ1) is 24.1. The second-order valence-electron chi connectivity index (χ2n) is 9.50. The first-order valence-electron chi connectivity index (χ1n) is 12.4. The fraction of sp³-hybridized carbons (Fsp3) is 0.207. The van der Waals surface area contributed by atoms with Crippen LogP contribution in [0.1, 0.15) is 25.0 Å². The van der Waals surface area contributed by atoms with Crippen molar-refractivity contribution in [3.63, 3.8) is 0 Å². The van der Waals surface area contributed by atoms with E-state index in [1.807, 2.05) is 61.7 Å². The molecule has 0 radical (unpaired) electrons. The number of H-pyrrole nitrogens is 1. The van der Waals surface area contributed by atoms with E-state index < -0.39 is 0 Å². The second-order valence-corrected chi connectivity index (χ2v) is 9.50. The van der Waals surface area contributed by atoms with Crippen molar-refractivity contribution in [2.24, 2.45) is 5.92 Å². The minimum absolute atomic E-state index is 0.455. The van der Waals surface area contributed by atoms with Crippen molar-refractivity contribution in [1.29, 1.82) is 0 Å². The van der Waals surface area contributed by atoms with Gasteiger partial charge in [0.1, 0.15) is 11.6 Å². The lowest BCUT2D eigenvalue weighted by Gasteiger charge is -2.27. The van der Waals surface area contributed by atoms with Crippen LogP contribution in [0.25, 0.3) is 22.6 Å². The molecule has 3 aromatic heterocycles. The molecule has 8 nitrogen and oxygen atoms in total. The molecule has 0 unspecified atom stereocenters. The van der Waals surface area contributed by atoms with Gasteiger partial charge in [-0.2, -0.15) is 0 Å². The van der Waals surface area contributed by atoms with Crippen LogP contribution in [0.3, 0.4) is 0 Å². The first-order valence-corrected chi connectivity index (χ1v) is 12.4. The van der Waals surface area contributed by atoms with E-state index in [0.29, 0.717) is 11.7 Å². The Balaban J connectivity index is 1.61. The first-order chi connectivity index (χ1) is 18.0. The molecule has 0 aliphatic carbocycles. The molecule has 0 amide bonds. The molecule has 0 bridgehead atoms. The maximum atomic E-state index is 5.16. The summed E-state index contributed by atoms with van der Waals surface area (Å²) in [5.41, 5.74) is 5.90. The average molecular weight is 491 g/mol. The molecule has 5 aromatic rings. The maximum absolute atomic E-state index is 5.16. The van der Waals surface area contributed by atoms with Gasteiger partial charge >= 0.3 is 0 Å². The molecule has 186 valence electrons. The van der Waals surface area contributed by atoms with Crippen molar-refractivity contribution in [2.75, 3.05) is 16.8 Å². The molecule has 2 N–H and O–H groups in total. The maximum Gasteiger partial charge on any atom is 0.180 e. The van der Waals surface area contributed by atoms with Crippen LogP contribution in [0.4, 0.5) is 17.3 Å². The molecule has 5 rings (SSSR count). The summed E-state index contributed by atoms with van der Waals surface area (Å²) in [5, 5.41) is 18.0. The van der Waals surface area contributed by atoms with Gasteiger partial charge in [-0.3, -0.25) is 0 Å². The predicted molar refractivity (Wildman–Crippen MR) is 147 cm³/mol. The van der Waals surface area contributed by atoms with E-state index in [2.05, 4.69) is 80.0 Å². The third kappa shape index (κ3) is 5.98. The molecule has 0 saturated carbocycles. The van der Waals surface area contributed by atoms with Crippen LogP contribution in [-0.4, -0.2) is 37.1 Å². The van der Waals surface area contributed by atoms with Gasteiger partial charge in [0.05, 0.1) is 5.69 Å². The van der Waals surface area contributed by atoms with E-state index in [9.17, 15) is 0 Å². The van der Waals surface area contributed by atoms with Crippen LogP contribution < -0.4 is 10.2 Å². The van der Waals surface area contributed by atoms with Gasteiger partial charge in [0.15, 0.2) is 5.82 Å². The third-order valence-corrected chi connectivity index (χ3v) is 5.92. The number of aryl methyl sites for hydroxylation is 1. The highest BCUT2D eigenvalue weighted by molar-refractivity contribution is 5.81. The molecule has 0 spiro atoms. The number of aromatic nitrogens is 6. The van der Waals surface area contributed by atoms with E-state index in [4.69, 9.17) is 4.98 Å². The number of benzene rings is 2. The molecule has 0 atom stereocenters. The Labute approximate surface area is 216 Å². The van der Waals surface area contributed by atoms with Gasteiger partial charge in [-0.1, -0.05) is 74.5 Å². The van der Waals surface area contributed by atoms with Crippen molar-refractivity contribution >= 4 is 17.3 Å². The number of nitrogens with zero attached hydrogens (tertiary/aromatic N) is 6. The number of nitrogens with one attached hydrogen (secondary N) is 2. The lowest BCUT2D eigenvalue weighted by molar-refractivity contribution is 0.605. The van der Waals surface area contributed by atoms with Gasteiger partial charge < -0.3 is 10.2 Å². The standard InChI is InChI=1S/C29H30N8/c1-20(2)18-37(19-22-9-5-4-6-10-22)28-16-23(31-27-14-13-21(3)17-30-27)15-26(32-28)24-11-7-8-12-25(24)29-33-35-36-34-29/h4-17,20H,18-19H2,1-3H3,(H,30,31,32)(H,33,34,35,36). The molecule has 2 aromatic carbocycles. The summed E-state index contributed by atoms with van der Waals surface area (Å²) in [6.45, 7) is 8.10. The summed E-state index contributed by atoms with van der Waals surface area (Å²) < 4.78 is 0. The summed E-state index contributed by atoms with van der Waals surface area (Å²) in [4.78, 5) is 12.0. The van der Waals surface area contributed by atoms with Gasteiger partial charge in [0, 0.05) is 42.2 Å². The Morgan fingerprint density at radius 3 is 2.41 bits per heavy atom. The van der Waals surface area contributed by atoms with E-state index in [1.54, 1.807) is 0 Å². The van der Waals surface area contributed by atoms with Crippen LogP contribution in [0.2, 0.25) is 0 Å². The van der Waals surface area contributed by atoms with Crippen molar-refractivity contribution in [2.45, 2.75) is 27.3 Å². The number of tetrazole rings is 1. The second kappa shape index (κ2) is 11.0. The monoisotopic (exact) mass is 490 g/mol. The third-order valence-electron chi connectivity index (χ3n) is 5.92. The molecular formula is C29H30N8. The summed E-state index contributed by atoms with van der Waals surface area (Å²) in [6, 6.07) is 26.7. The van der Waals surface area contributed by atoms with Crippen LogP contribution in [0.5, 0.6) is 0 Å². The molecule has 8 heteroatoms. The molecule has 37 heavy (non-hydrogen) atoms. The van der Waals surface area contributed by atoms with Gasteiger partial charge in [-0.25, -0.2) is 15.1 Å². The molecular weight excluding hydrogens is 460 g/mol. The number of aromatic amines is 1. The lowest BCUT2D eigenvalue weighted by Crippen LogP contribution is -2.28. The highest BCUT2D eigenvalue weighted by Gasteiger charge is 2.17. The molecule has 0 aliphatic heterocycles. The van der Waals surface area contributed by atoms with Crippen LogP contribution in [0.15, 0.2) is 85.1 Å². The number of rotatable bonds is 9. The smallest absolute Gasteiger partial charge is 0.180 e. The molecule has 0 saturated heterocycles. The number of hydrogen-bond acceptors (Lipinski definition) is 7. The van der Waals surface area contributed by atoms with Gasteiger partial charge in [-0.15, -0.1) is 5.10 Å². The molecule has 0 fully saturated rings. The number of anilines is 3. The van der Waals surface area contributed by atoms with E-state index in [1.165, 1.54) is 5.56 Å². The fourth-order valence-corrected chi connectivity index (χ4v) is 4.25. The Kier molecular flexibility index (Phi) is 7.16. The predicted octanol–water partition coefficient (Wildman–Crippen LogP) is 6.04. The quantitative estimate of drug-likeness (QED) is 0.260. The Bertz CT molecular complexity index is 1430. The zero-order valence-corrected chi connectivity index (χ0v) is 21.3. The van der Waals surface area contributed by atoms with Crippen molar-refractivity contribution in [3.05, 3.63) is 96.2 Å². The van der Waals surface area contributed by atoms with Crippen LogP contribution in [-0.2, 0) is 6.54 Å². The minimum Gasteiger partial charge on any atom is -0.352 e. The highest BCUT2D eigenvalue weighted by Crippen LogP contribution is 2.33. The Morgan fingerprint density at radius 2 is 1.70 bits per heavy atom. The molecule has 3 heterocycles. The average Bonchev–Trinajstić information content (AvgIpc) is 3.45. The Hall–Kier alpha value is -4.59. The fourth-order valence-electron chi connectivity index (χ4n) is 4.25. The van der Waals surface area contributed by atoms with Crippen LogP contribution in [0, 0.1) is 12.8 Å². The summed E-state index contributed by atoms with van der Waals surface area (Å²) >= 11 is 0. The SMILES string of the molecule is Cc1ccc(Nc2cc(-c3ccccc3-c3nnn[nH]3)nc(N(Cc3ccccc3)CC(C)C)c2)nc1. The summed E-state index contributed by atoms with van der Waals surface area (Å²) in [7, 11) is 0. The minimum atomic E-state index is 0.455. The lowest BCUT2D eigenvalue weighted by atomic mass is 10.0. The zero-order chi connectivity index (χ0) is 25.6. The normalized spacial score (nSPS) is 11.0.